The van der Waals surface area contributed by atoms with Crippen LogP contribution in [0.15, 0.2) is 40.9 Å². The van der Waals surface area contributed by atoms with Crippen LogP contribution in [0.2, 0.25) is 0 Å². The van der Waals surface area contributed by atoms with Crippen LogP contribution in [0.3, 0.4) is 0 Å². The summed E-state index contributed by atoms with van der Waals surface area (Å²) in [5.41, 5.74) is 3.76. The van der Waals surface area contributed by atoms with Gasteiger partial charge in [-0.25, -0.2) is 0 Å². The average Bonchev–Trinajstić information content (AvgIpc) is 2.85. The van der Waals surface area contributed by atoms with Crippen molar-refractivity contribution in [2.24, 2.45) is 5.10 Å². The third kappa shape index (κ3) is 2.42. The molecule has 0 unspecified atom stereocenters. The van der Waals surface area contributed by atoms with Crippen LogP contribution >= 0.6 is 11.8 Å². The van der Waals surface area contributed by atoms with E-state index >= 15 is 0 Å². The zero-order chi connectivity index (χ0) is 13.5. The van der Waals surface area contributed by atoms with Gasteiger partial charge in [0.1, 0.15) is 6.33 Å². The van der Waals surface area contributed by atoms with Crippen LogP contribution in [0.25, 0.3) is 0 Å². The number of aromatic nitrogens is 3. The van der Waals surface area contributed by atoms with Gasteiger partial charge in [0.25, 0.3) is 0 Å². The summed E-state index contributed by atoms with van der Waals surface area (Å²) in [6, 6.07) is 8.67. The summed E-state index contributed by atoms with van der Waals surface area (Å²) in [4.78, 5) is 0. The van der Waals surface area contributed by atoms with Crippen LogP contribution in [0, 0.1) is 0 Å². The van der Waals surface area contributed by atoms with E-state index in [2.05, 4.69) is 60.3 Å². The molecule has 0 bridgehead atoms. The quantitative estimate of drug-likeness (QED) is 0.801. The van der Waals surface area contributed by atoms with Gasteiger partial charge in [-0.1, -0.05) is 56.8 Å². The molecule has 4 nitrogen and oxygen atoms in total. The zero-order valence-electron chi connectivity index (χ0n) is 11.3. The molecule has 5 heteroatoms. The molecule has 1 aliphatic rings. The van der Waals surface area contributed by atoms with Crippen molar-refractivity contribution >= 4 is 17.5 Å². The number of nitrogens with zero attached hydrogens (tertiary/aromatic N) is 4. The summed E-state index contributed by atoms with van der Waals surface area (Å²) in [6.07, 6.45) is 1.64. The van der Waals surface area contributed by atoms with Crippen molar-refractivity contribution in [3.8, 4) is 0 Å². The van der Waals surface area contributed by atoms with E-state index in [0.717, 1.165) is 16.6 Å². The lowest BCUT2D eigenvalue weighted by molar-refractivity contribution is 0.590. The predicted molar refractivity (Wildman–Crippen MR) is 77.8 cm³/mol. The van der Waals surface area contributed by atoms with Gasteiger partial charge >= 0.3 is 0 Å². The smallest absolute Gasteiger partial charge is 0.194 e. The normalized spacial score (nSPS) is 15.0. The Morgan fingerprint density at radius 3 is 2.58 bits per heavy atom. The standard InChI is InChI=1S/C14H16N4S/c1-14(2,3)11-6-4-10(5-7-11)12-8-19-13-16-15-9-18(13)17-12/h4-7,9H,8H2,1-3H3. The van der Waals surface area contributed by atoms with E-state index in [1.165, 1.54) is 11.1 Å². The van der Waals surface area contributed by atoms with Gasteiger partial charge in [0.2, 0.25) is 5.16 Å². The van der Waals surface area contributed by atoms with E-state index in [4.69, 9.17) is 0 Å². The first kappa shape index (κ1) is 12.4. The fraction of sp³-hybridized carbons (Fsp3) is 0.357. The van der Waals surface area contributed by atoms with Gasteiger partial charge in [0.15, 0.2) is 0 Å². The first-order valence-corrected chi connectivity index (χ1v) is 7.24. The monoisotopic (exact) mass is 272 g/mol. The Balaban J connectivity index is 1.92. The number of fused-ring (bicyclic) bond motifs is 1. The minimum absolute atomic E-state index is 0.184. The lowest BCUT2D eigenvalue weighted by atomic mass is 9.86. The van der Waals surface area contributed by atoms with E-state index in [-0.39, 0.29) is 5.41 Å². The molecule has 0 spiro atoms. The van der Waals surface area contributed by atoms with Crippen LogP contribution in [0.1, 0.15) is 31.9 Å². The maximum absolute atomic E-state index is 4.55. The maximum atomic E-state index is 4.55. The molecule has 1 aromatic heterocycles. The van der Waals surface area contributed by atoms with Crippen LogP contribution < -0.4 is 0 Å². The average molecular weight is 272 g/mol. The second kappa shape index (κ2) is 4.49. The topological polar surface area (TPSA) is 43.1 Å². The molecule has 2 aromatic rings. The fourth-order valence-corrected chi connectivity index (χ4v) is 2.79. The molecule has 0 N–H and O–H groups in total. The summed E-state index contributed by atoms with van der Waals surface area (Å²) in [7, 11) is 0. The van der Waals surface area contributed by atoms with Crippen molar-refractivity contribution in [2.45, 2.75) is 31.3 Å². The van der Waals surface area contributed by atoms with Gasteiger partial charge in [-0.2, -0.15) is 9.78 Å². The van der Waals surface area contributed by atoms with Gasteiger partial charge in [0, 0.05) is 5.75 Å². The molecular formula is C14H16N4S. The van der Waals surface area contributed by atoms with Crippen LogP contribution in [-0.4, -0.2) is 26.3 Å². The van der Waals surface area contributed by atoms with E-state index in [9.17, 15) is 0 Å². The summed E-state index contributed by atoms with van der Waals surface area (Å²) >= 11 is 1.67. The Morgan fingerprint density at radius 2 is 1.89 bits per heavy atom. The third-order valence-electron chi connectivity index (χ3n) is 3.15. The van der Waals surface area contributed by atoms with Crippen molar-refractivity contribution in [1.82, 2.24) is 14.9 Å². The summed E-state index contributed by atoms with van der Waals surface area (Å²) in [5.74, 6) is 0.841. The Morgan fingerprint density at radius 1 is 1.16 bits per heavy atom. The molecule has 1 aromatic carbocycles. The molecule has 3 rings (SSSR count). The van der Waals surface area contributed by atoms with E-state index < -0.39 is 0 Å². The van der Waals surface area contributed by atoms with Crippen molar-refractivity contribution in [3.63, 3.8) is 0 Å². The Kier molecular flexibility index (Phi) is 2.93. The fourth-order valence-electron chi connectivity index (χ4n) is 1.98. The van der Waals surface area contributed by atoms with Crippen LogP contribution in [-0.2, 0) is 5.41 Å². The Hall–Kier alpha value is -1.62. The lowest BCUT2D eigenvalue weighted by Gasteiger charge is -2.19. The first-order valence-electron chi connectivity index (χ1n) is 6.25. The molecule has 2 heterocycles. The van der Waals surface area contributed by atoms with Gasteiger partial charge < -0.3 is 0 Å². The number of benzene rings is 1. The van der Waals surface area contributed by atoms with E-state index in [0.29, 0.717) is 0 Å². The minimum atomic E-state index is 0.184. The maximum Gasteiger partial charge on any atom is 0.212 e. The highest BCUT2D eigenvalue weighted by atomic mass is 32.2. The molecule has 0 fully saturated rings. The molecule has 98 valence electrons. The van der Waals surface area contributed by atoms with Gasteiger partial charge in [-0.05, 0) is 16.5 Å². The summed E-state index contributed by atoms with van der Waals surface area (Å²) in [5, 5.41) is 13.3. The molecule has 19 heavy (non-hydrogen) atoms. The van der Waals surface area contributed by atoms with Crippen LogP contribution in [0.4, 0.5) is 0 Å². The zero-order valence-corrected chi connectivity index (χ0v) is 12.1. The highest BCUT2D eigenvalue weighted by Crippen LogP contribution is 2.25. The number of hydrogen-bond donors (Lipinski definition) is 0. The molecule has 0 atom stereocenters. The molecule has 0 amide bonds. The highest BCUT2D eigenvalue weighted by Gasteiger charge is 2.17. The van der Waals surface area contributed by atoms with Crippen molar-refractivity contribution in [3.05, 3.63) is 41.7 Å². The van der Waals surface area contributed by atoms with Gasteiger partial charge in [-0.3, -0.25) is 0 Å². The minimum Gasteiger partial charge on any atom is -0.194 e. The van der Waals surface area contributed by atoms with Crippen LogP contribution in [0.5, 0.6) is 0 Å². The van der Waals surface area contributed by atoms with Crippen molar-refractivity contribution in [2.75, 3.05) is 5.75 Å². The largest absolute Gasteiger partial charge is 0.212 e. The second-order valence-electron chi connectivity index (χ2n) is 5.62. The highest BCUT2D eigenvalue weighted by molar-refractivity contribution is 7.99. The van der Waals surface area contributed by atoms with E-state index in [1.807, 2.05) is 0 Å². The molecule has 0 radical (unpaired) electrons. The molecular weight excluding hydrogens is 256 g/mol. The van der Waals surface area contributed by atoms with Crippen molar-refractivity contribution in [1.29, 1.82) is 0 Å². The SMILES string of the molecule is CC(C)(C)c1ccc(C2=Nn3cnnc3SC2)cc1. The first-order chi connectivity index (χ1) is 9.04. The molecule has 0 saturated heterocycles. The second-order valence-corrected chi connectivity index (χ2v) is 6.56. The van der Waals surface area contributed by atoms with Gasteiger partial charge in [0.05, 0.1) is 5.71 Å². The summed E-state index contributed by atoms with van der Waals surface area (Å²) in [6.45, 7) is 6.66. The molecule has 1 aliphatic heterocycles. The lowest BCUT2D eigenvalue weighted by Crippen LogP contribution is -2.14. The molecule has 0 aliphatic carbocycles. The van der Waals surface area contributed by atoms with Crippen molar-refractivity contribution < 1.29 is 0 Å². The number of hydrogen-bond acceptors (Lipinski definition) is 4. The third-order valence-corrected chi connectivity index (χ3v) is 4.10. The molecule has 0 saturated carbocycles. The Labute approximate surface area is 116 Å². The number of rotatable bonds is 1. The number of thioether (sulfide) groups is 1. The Bertz CT molecular complexity index is 620. The van der Waals surface area contributed by atoms with Gasteiger partial charge in [-0.15, -0.1) is 10.2 Å². The van der Waals surface area contributed by atoms with E-state index in [1.54, 1.807) is 22.8 Å². The predicted octanol–water partition coefficient (Wildman–Crippen LogP) is 2.93. The summed E-state index contributed by atoms with van der Waals surface area (Å²) < 4.78 is 1.74.